The quantitative estimate of drug-likeness (QED) is 0.475. The monoisotopic (exact) mass is 170 g/mol. The van der Waals surface area contributed by atoms with E-state index in [1.165, 1.54) is 0 Å². The van der Waals surface area contributed by atoms with Crippen LogP contribution in [-0.4, -0.2) is 26.7 Å². The minimum atomic E-state index is -0.154. The normalized spacial score (nSPS) is 11.2. The van der Waals surface area contributed by atoms with Crippen LogP contribution < -0.4 is 0 Å². The van der Waals surface area contributed by atoms with Gasteiger partial charge in [-0.25, -0.2) is 0 Å². The van der Waals surface area contributed by atoms with Crippen LogP contribution in [0.2, 0.25) is 0 Å². The maximum atomic E-state index is 5.31. The predicted octanol–water partition coefficient (Wildman–Crippen LogP) is 2.96. The van der Waals surface area contributed by atoms with Crippen molar-refractivity contribution in [2.24, 2.45) is 0 Å². The maximum Gasteiger partial charge on any atom is 0.0404 e. The Morgan fingerprint density at radius 2 is 1.62 bits per heavy atom. The van der Waals surface area contributed by atoms with E-state index < -0.39 is 0 Å². The number of rotatable bonds is 3. The second-order valence-corrected chi connectivity index (χ2v) is 8.41. The lowest BCUT2D eigenvalue weighted by molar-refractivity contribution is 0.742. The zero-order chi connectivity index (χ0) is 6.57. The zero-order valence-electron chi connectivity index (χ0n) is 5.71. The average molecular weight is 170 g/mol. The first-order valence-electron chi connectivity index (χ1n) is 2.32. The summed E-state index contributed by atoms with van der Waals surface area (Å²) in [7, 11) is -0.0761. The van der Waals surface area contributed by atoms with Gasteiger partial charge in [-0.3, -0.25) is 3.97 Å². The molecule has 0 amide bonds. The molecule has 0 heterocycles. The molecular formula is C4H12OP2S. The molecule has 0 N–H and O–H groups in total. The van der Waals surface area contributed by atoms with Gasteiger partial charge in [0, 0.05) is 19.8 Å². The van der Waals surface area contributed by atoms with Gasteiger partial charge in [0.25, 0.3) is 0 Å². The van der Waals surface area contributed by atoms with Crippen LogP contribution in [0.5, 0.6) is 0 Å². The lowest BCUT2D eigenvalue weighted by Crippen LogP contribution is -1.65. The highest BCUT2D eigenvalue weighted by Crippen LogP contribution is 2.49. The van der Waals surface area contributed by atoms with E-state index in [1.54, 1.807) is 11.7 Å². The lowest BCUT2D eigenvalue weighted by atomic mass is 11.9. The second kappa shape index (κ2) is 4.99. The van der Waals surface area contributed by atoms with Crippen molar-refractivity contribution >= 4 is 26.9 Å². The van der Waals surface area contributed by atoms with E-state index in [2.05, 4.69) is 26.7 Å². The summed E-state index contributed by atoms with van der Waals surface area (Å²) < 4.78 is 5.31. The maximum absolute atomic E-state index is 5.31. The van der Waals surface area contributed by atoms with Crippen molar-refractivity contribution in [1.82, 2.24) is 0 Å². The van der Waals surface area contributed by atoms with Crippen LogP contribution in [0.4, 0.5) is 0 Å². The molecule has 0 radical (unpaired) electrons. The van der Waals surface area contributed by atoms with Crippen molar-refractivity contribution in [2.75, 3.05) is 26.7 Å². The number of hydrogen-bond donors (Lipinski definition) is 0. The molecule has 8 heavy (non-hydrogen) atoms. The molecule has 0 unspecified atom stereocenters. The van der Waals surface area contributed by atoms with Gasteiger partial charge in [-0.2, -0.15) is 0 Å². The van der Waals surface area contributed by atoms with Gasteiger partial charge in [0.05, 0.1) is 0 Å². The van der Waals surface area contributed by atoms with Gasteiger partial charge >= 0.3 is 0 Å². The van der Waals surface area contributed by atoms with Crippen molar-refractivity contribution in [2.45, 2.75) is 0 Å². The van der Waals surface area contributed by atoms with Crippen LogP contribution in [-0.2, 0) is 3.97 Å². The second-order valence-electron chi connectivity index (χ2n) is 1.77. The molecule has 0 aromatic heterocycles. The molecule has 0 spiro atoms. The molecule has 0 atom stereocenters. The summed E-state index contributed by atoms with van der Waals surface area (Å²) >= 11 is 1.63. The van der Waals surface area contributed by atoms with E-state index in [0.29, 0.717) is 0 Å². The largest absolute Gasteiger partial charge is 0.290 e. The molecule has 0 aliphatic rings. The molecule has 0 rings (SSSR count). The summed E-state index contributed by atoms with van der Waals surface area (Å²) in [6.07, 6.45) is 0. The third-order valence-electron chi connectivity index (χ3n) is 0.331. The van der Waals surface area contributed by atoms with Gasteiger partial charge in [-0.05, 0) is 33.8 Å². The highest BCUT2D eigenvalue weighted by atomic mass is 32.7. The third-order valence-corrected chi connectivity index (χ3v) is 3.58. The van der Waals surface area contributed by atoms with E-state index in [9.17, 15) is 0 Å². The Labute approximate surface area is 58.1 Å². The fourth-order valence-corrected chi connectivity index (χ4v) is 3.60. The summed E-state index contributed by atoms with van der Waals surface area (Å²) in [5.74, 6) is 0. The Hall–Kier alpha value is 1.17. The Kier molecular flexibility index (Phi) is 5.73. The van der Waals surface area contributed by atoms with E-state index in [-0.39, 0.29) is 15.3 Å². The number of hydrogen-bond acceptors (Lipinski definition) is 2. The van der Waals surface area contributed by atoms with Crippen LogP contribution in [0.15, 0.2) is 0 Å². The zero-order valence-corrected chi connectivity index (χ0v) is 8.32. The summed E-state index contributed by atoms with van der Waals surface area (Å²) in [4.78, 5) is 0. The van der Waals surface area contributed by atoms with E-state index in [4.69, 9.17) is 3.97 Å². The van der Waals surface area contributed by atoms with Crippen molar-refractivity contribution in [3.8, 4) is 0 Å². The van der Waals surface area contributed by atoms with Crippen LogP contribution in [0.1, 0.15) is 0 Å². The van der Waals surface area contributed by atoms with Crippen LogP contribution in [0.25, 0.3) is 0 Å². The standard InChI is InChI=1S/C4H12OP2S/c1-6(2)5-8-7(3)4/h1-4H3. The molecule has 0 aromatic rings. The third kappa shape index (κ3) is 7.17. The molecular weight excluding hydrogens is 158 g/mol. The minimum Gasteiger partial charge on any atom is -0.290 e. The lowest BCUT2D eigenvalue weighted by Gasteiger charge is -2.06. The Morgan fingerprint density at radius 3 is 1.75 bits per heavy atom. The molecule has 0 aliphatic heterocycles. The molecule has 0 bridgehead atoms. The average Bonchev–Trinajstić information content (AvgIpc) is 1.61. The molecule has 0 saturated heterocycles. The van der Waals surface area contributed by atoms with Gasteiger partial charge < -0.3 is 0 Å². The summed E-state index contributed by atoms with van der Waals surface area (Å²) in [5.41, 5.74) is 0. The van der Waals surface area contributed by atoms with Gasteiger partial charge in [0.15, 0.2) is 0 Å². The molecule has 50 valence electrons. The Balaban J connectivity index is 2.93. The van der Waals surface area contributed by atoms with Crippen molar-refractivity contribution in [3.05, 3.63) is 0 Å². The highest BCUT2D eigenvalue weighted by molar-refractivity contribution is 8.53. The fraction of sp³-hybridized carbons (Fsp3) is 1.00. The van der Waals surface area contributed by atoms with E-state index in [0.717, 1.165) is 0 Å². The van der Waals surface area contributed by atoms with E-state index >= 15 is 0 Å². The van der Waals surface area contributed by atoms with Gasteiger partial charge in [0.1, 0.15) is 0 Å². The minimum absolute atomic E-state index is 0.0777. The first-order chi connectivity index (χ1) is 3.63. The smallest absolute Gasteiger partial charge is 0.0404 e. The van der Waals surface area contributed by atoms with Crippen molar-refractivity contribution in [1.29, 1.82) is 0 Å². The Morgan fingerprint density at radius 1 is 1.12 bits per heavy atom. The van der Waals surface area contributed by atoms with Crippen molar-refractivity contribution < 1.29 is 3.97 Å². The summed E-state index contributed by atoms with van der Waals surface area (Å²) in [5, 5.41) is 0. The molecule has 0 saturated carbocycles. The molecule has 0 fully saturated rings. The van der Waals surface area contributed by atoms with Crippen molar-refractivity contribution in [3.63, 3.8) is 0 Å². The first-order valence-corrected chi connectivity index (χ1v) is 8.06. The SMILES string of the molecule is CP(C)OSP(C)C. The van der Waals surface area contributed by atoms with E-state index in [1.807, 2.05) is 0 Å². The van der Waals surface area contributed by atoms with Crippen LogP contribution >= 0.6 is 26.9 Å². The topological polar surface area (TPSA) is 9.23 Å². The molecule has 1 nitrogen and oxygen atoms in total. The van der Waals surface area contributed by atoms with Crippen LogP contribution in [0.3, 0.4) is 0 Å². The fourth-order valence-electron chi connectivity index (χ4n) is 0.133. The first kappa shape index (κ1) is 9.17. The summed E-state index contributed by atoms with van der Waals surface area (Å²) in [6.45, 7) is 8.61. The van der Waals surface area contributed by atoms with Crippen LogP contribution in [0, 0.1) is 0 Å². The molecule has 4 heteroatoms. The predicted molar refractivity (Wildman–Crippen MR) is 46.2 cm³/mol. The van der Waals surface area contributed by atoms with Gasteiger partial charge in [0.2, 0.25) is 0 Å². The molecule has 0 aromatic carbocycles. The van der Waals surface area contributed by atoms with Gasteiger partial charge in [-0.1, -0.05) is 0 Å². The van der Waals surface area contributed by atoms with Gasteiger partial charge in [-0.15, -0.1) is 0 Å². The highest BCUT2D eigenvalue weighted by Gasteiger charge is 1.95. The Bertz CT molecular complexity index is 50.0. The molecule has 0 aliphatic carbocycles. The summed E-state index contributed by atoms with van der Waals surface area (Å²) in [6, 6.07) is 0.